The molecule has 26 heavy (non-hydrogen) atoms. The smallest absolute Gasteiger partial charge is 0.261 e. The molecule has 0 saturated heterocycles. The Hall–Kier alpha value is -0.870. The van der Waals surface area contributed by atoms with Crippen LogP contribution in [-0.4, -0.2) is 62.1 Å². The van der Waals surface area contributed by atoms with Crippen LogP contribution in [0.25, 0.3) is 0 Å². The van der Waals surface area contributed by atoms with Crippen LogP contribution < -0.4 is 16.0 Å². The lowest BCUT2D eigenvalue weighted by Gasteiger charge is -2.30. The van der Waals surface area contributed by atoms with Crippen molar-refractivity contribution in [3.05, 3.63) is 22.4 Å². The lowest BCUT2D eigenvalue weighted by atomic mass is 10.2. The van der Waals surface area contributed by atoms with Crippen molar-refractivity contribution in [2.45, 2.75) is 46.2 Å². The molecule has 6 nitrogen and oxygen atoms in total. The first-order valence-electron chi connectivity index (χ1n) is 8.97. The van der Waals surface area contributed by atoms with Crippen molar-refractivity contribution in [1.29, 1.82) is 0 Å². The fourth-order valence-corrected chi connectivity index (χ4v) is 3.27. The van der Waals surface area contributed by atoms with Crippen molar-refractivity contribution in [2.24, 2.45) is 4.99 Å². The molecule has 0 saturated carbocycles. The molecular weight excluding hydrogens is 461 g/mol. The van der Waals surface area contributed by atoms with E-state index in [1.807, 2.05) is 17.5 Å². The SMILES string of the molecule is CN=C(NCCCNC(=O)c1cccs1)NCCN(C(C)C)C(C)C.I. The van der Waals surface area contributed by atoms with Crippen molar-refractivity contribution in [2.75, 3.05) is 33.2 Å². The molecular formula is C18H34IN5OS. The number of nitrogens with one attached hydrogen (secondary N) is 3. The Morgan fingerprint density at radius 3 is 2.27 bits per heavy atom. The third-order valence-electron chi connectivity index (χ3n) is 3.89. The highest BCUT2D eigenvalue weighted by atomic mass is 127. The normalized spacial score (nSPS) is 11.6. The van der Waals surface area contributed by atoms with Gasteiger partial charge in [-0.2, -0.15) is 0 Å². The van der Waals surface area contributed by atoms with Gasteiger partial charge in [0.15, 0.2) is 5.96 Å². The first-order valence-corrected chi connectivity index (χ1v) is 9.85. The Morgan fingerprint density at radius 1 is 1.12 bits per heavy atom. The van der Waals surface area contributed by atoms with E-state index >= 15 is 0 Å². The highest BCUT2D eigenvalue weighted by Crippen LogP contribution is 2.07. The number of nitrogens with zero attached hydrogens (tertiary/aromatic N) is 2. The number of hydrogen-bond acceptors (Lipinski definition) is 4. The molecule has 0 aliphatic rings. The summed E-state index contributed by atoms with van der Waals surface area (Å²) in [5.74, 6) is 0.803. The molecule has 1 amide bonds. The monoisotopic (exact) mass is 495 g/mol. The molecule has 0 spiro atoms. The van der Waals surface area contributed by atoms with E-state index in [1.54, 1.807) is 7.05 Å². The minimum absolute atomic E-state index is 0. The minimum Gasteiger partial charge on any atom is -0.356 e. The van der Waals surface area contributed by atoms with Gasteiger partial charge in [-0.05, 0) is 45.6 Å². The standard InChI is InChI=1S/C18H33N5OS.HI/c1-14(2)23(15(3)4)12-11-22-18(19-5)21-10-7-9-20-17(24)16-8-6-13-25-16;/h6,8,13-15H,7,9-12H2,1-5H3,(H,20,24)(H2,19,21,22);1H. The molecule has 0 fully saturated rings. The second-order valence-corrected chi connectivity index (χ2v) is 7.39. The third kappa shape index (κ3) is 9.72. The average molecular weight is 495 g/mol. The van der Waals surface area contributed by atoms with Crippen LogP contribution in [0.4, 0.5) is 0 Å². The summed E-state index contributed by atoms with van der Waals surface area (Å²) in [6, 6.07) is 4.78. The first-order chi connectivity index (χ1) is 12.0. The van der Waals surface area contributed by atoms with Crippen LogP contribution >= 0.6 is 35.3 Å². The highest BCUT2D eigenvalue weighted by Gasteiger charge is 2.12. The summed E-state index contributed by atoms with van der Waals surface area (Å²) in [7, 11) is 1.77. The van der Waals surface area contributed by atoms with Crippen LogP contribution in [0.3, 0.4) is 0 Å². The summed E-state index contributed by atoms with van der Waals surface area (Å²) in [4.78, 5) is 19.3. The highest BCUT2D eigenvalue weighted by molar-refractivity contribution is 14.0. The zero-order valence-electron chi connectivity index (χ0n) is 16.5. The van der Waals surface area contributed by atoms with Gasteiger partial charge < -0.3 is 16.0 Å². The molecule has 1 aromatic rings. The number of hydrogen-bond donors (Lipinski definition) is 3. The Bertz CT molecular complexity index is 512. The Kier molecular flexibility index (Phi) is 13.7. The molecule has 0 aliphatic heterocycles. The molecule has 0 aliphatic carbocycles. The molecule has 1 aromatic heterocycles. The second kappa shape index (κ2) is 14.2. The maximum absolute atomic E-state index is 11.8. The summed E-state index contributed by atoms with van der Waals surface area (Å²) in [6.07, 6.45) is 0.849. The Labute approximate surface area is 179 Å². The number of amides is 1. The zero-order valence-corrected chi connectivity index (χ0v) is 19.7. The van der Waals surface area contributed by atoms with Crippen molar-refractivity contribution in [3.63, 3.8) is 0 Å². The van der Waals surface area contributed by atoms with Crippen molar-refractivity contribution in [1.82, 2.24) is 20.9 Å². The lowest BCUT2D eigenvalue weighted by molar-refractivity contribution is 0.0957. The Balaban J connectivity index is 0.00000625. The second-order valence-electron chi connectivity index (χ2n) is 6.44. The van der Waals surface area contributed by atoms with Gasteiger partial charge in [0.05, 0.1) is 4.88 Å². The van der Waals surface area contributed by atoms with E-state index in [4.69, 9.17) is 0 Å². The van der Waals surface area contributed by atoms with Crippen LogP contribution in [0, 0.1) is 0 Å². The molecule has 0 bridgehead atoms. The van der Waals surface area contributed by atoms with E-state index in [0.29, 0.717) is 18.6 Å². The lowest BCUT2D eigenvalue weighted by Crippen LogP contribution is -2.45. The molecule has 1 heterocycles. The van der Waals surface area contributed by atoms with Crippen LogP contribution in [0.2, 0.25) is 0 Å². The number of carbonyl (C=O) groups is 1. The van der Waals surface area contributed by atoms with E-state index in [2.05, 4.69) is 53.5 Å². The van der Waals surface area contributed by atoms with Gasteiger partial charge in [-0.25, -0.2) is 0 Å². The molecule has 3 N–H and O–H groups in total. The fourth-order valence-electron chi connectivity index (χ4n) is 2.63. The maximum atomic E-state index is 11.8. The molecule has 0 atom stereocenters. The van der Waals surface area contributed by atoms with E-state index in [9.17, 15) is 4.79 Å². The van der Waals surface area contributed by atoms with Gasteiger partial charge in [-0.1, -0.05) is 6.07 Å². The largest absolute Gasteiger partial charge is 0.356 e. The number of aliphatic imine (C=N–C) groups is 1. The van der Waals surface area contributed by atoms with Crippen LogP contribution in [0.1, 0.15) is 43.8 Å². The molecule has 8 heteroatoms. The average Bonchev–Trinajstić information content (AvgIpc) is 3.10. The molecule has 0 aromatic carbocycles. The van der Waals surface area contributed by atoms with E-state index in [-0.39, 0.29) is 29.9 Å². The van der Waals surface area contributed by atoms with Gasteiger partial charge in [0, 0.05) is 45.3 Å². The van der Waals surface area contributed by atoms with E-state index < -0.39 is 0 Å². The Morgan fingerprint density at radius 2 is 1.73 bits per heavy atom. The summed E-state index contributed by atoms with van der Waals surface area (Å²) in [6.45, 7) is 12.1. The van der Waals surface area contributed by atoms with Gasteiger partial charge in [-0.3, -0.25) is 14.7 Å². The van der Waals surface area contributed by atoms with Crippen molar-refractivity contribution < 1.29 is 4.79 Å². The van der Waals surface area contributed by atoms with Crippen molar-refractivity contribution >= 4 is 47.2 Å². The summed E-state index contributed by atoms with van der Waals surface area (Å²) >= 11 is 1.46. The minimum atomic E-state index is -0.0000284. The number of thiophene rings is 1. The molecule has 150 valence electrons. The number of halogens is 1. The predicted octanol–water partition coefficient (Wildman–Crippen LogP) is 2.77. The number of guanidine groups is 1. The maximum Gasteiger partial charge on any atom is 0.261 e. The summed E-state index contributed by atoms with van der Waals surface area (Å²) < 4.78 is 0. The van der Waals surface area contributed by atoms with Gasteiger partial charge in [-0.15, -0.1) is 35.3 Å². The molecule has 0 unspecified atom stereocenters. The first kappa shape index (κ1) is 25.1. The van der Waals surface area contributed by atoms with Gasteiger partial charge in [0.25, 0.3) is 5.91 Å². The topological polar surface area (TPSA) is 68.8 Å². The van der Waals surface area contributed by atoms with E-state index in [0.717, 1.165) is 36.9 Å². The molecule has 0 radical (unpaired) electrons. The van der Waals surface area contributed by atoms with Crippen LogP contribution in [0.15, 0.2) is 22.5 Å². The van der Waals surface area contributed by atoms with E-state index in [1.165, 1.54) is 11.3 Å². The summed E-state index contributed by atoms with van der Waals surface area (Å²) in [5, 5.41) is 11.5. The van der Waals surface area contributed by atoms with Gasteiger partial charge in [0.1, 0.15) is 0 Å². The quantitative estimate of drug-likeness (QED) is 0.202. The van der Waals surface area contributed by atoms with Crippen LogP contribution in [-0.2, 0) is 0 Å². The van der Waals surface area contributed by atoms with Crippen LogP contribution in [0.5, 0.6) is 0 Å². The fraction of sp³-hybridized carbons (Fsp3) is 0.667. The van der Waals surface area contributed by atoms with Gasteiger partial charge in [0.2, 0.25) is 0 Å². The number of rotatable bonds is 10. The number of carbonyl (C=O) groups excluding carboxylic acids is 1. The third-order valence-corrected chi connectivity index (χ3v) is 4.76. The van der Waals surface area contributed by atoms with Gasteiger partial charge >= 0.3 is 0 Å². The van der Waals surface area contributed by atoms with Crippen molar-refractivity contribution in [3.8, 4) is 0 Å². The predicted molar refractivity (Wildman–Crippen MR) is 123 cm³/mol. The molecule has 1 rings (SSSR count). The summed E-state index contributed by atoms with van der Waals surface area (Å²) in [5.41, 5.74) is 0. The zero-order chi connectivity index (χ0) is 18.7.